The van der Waals surface area contributed by atoms with E-state index < -0.39 is 0 Å². The van der Waals surface area contributed by atoms with E-state index in [-0.39, 0.29) is 12.1 Å². The normalized spacial score (nSPS) is 14.5. The predicted molar refractivity (Wildman–Crippen MR) is 103 cm³/mol. The minimum absolute atomic E-state index is 0.0393. The van der Waals surface area contributed by atoms with E-state index in [4.69, 9.17) is 11.6 Å². The van der Waals surface area contributed by atoms with Crippen molar-refractivity contribution in [3.63, 3.8) is 0 Å². The van der Waals surface area contributed by atoms with Gasteiger partial charge in [0.1, 0.15) is 0 Å². The molecule has 2 amide bonds. The maximum Gasteiger partial charge on any atom is 0.315 e. The summed E-state index contributed by atoms with van der Waals surface area (Å²) in [5, 5.41) is 6.72. The fraction of sp³-hybridized carbons (Fsp3) is 0.381. The van der Waals surface area contributed by atoms with E-state index >= 15 is 0 Å². The first-order valence-electron chi connectivity index (χ1n) is 9.06. The van der Waals surface area contributed by atoms with E-state index in [0.717, 1.165) is 18.4 Å². The highest BCUT2D eigenvalue weighted by Crippen LogP contribution is 2.26. The minimum atomic E-state index is -0.139. The topological polar surface area (TPSA) is 41.1 Å². The maximum atomic E-state index is 12.3. The first-order chi connectivity index (χ1) is 12.2. The van der Waals surface area contributed by atoms with Gasteiger partial charge in [0.05, 0.1) is 6.04 Å². The Labute approximate surface area is 154 Å². The number of urea groups is 1. The molecule has 3 nitrogen and oxygen atoms in total. The molecule has 25 heavy (non-hydrogen) atoms. The molecule has 2 aromatic rings. The van der Waals surface area contributed by atoms with Crippen LogP contribution in [0.1, 0.15) is 54.5 Å². The molecule has 2 N–H and O–H groups in total. The lowest BCUT2D eigenvalue weighted by molar-refractivity contribution is 0.236. The van der Waals surface area contributed by atoms with Gasteiger partial charge in [-0.3, -0.25) is 0 Å². The zero-order valence-corrected chi connectivity index (χ0v) is 15.4. The van der Waals surface area contributed by atoms with Gasteiger partial charge in [-0.25, -0.2) is 4.79 Å². The number of aryl methyl sites for hydroxylation is 2. The van der Waals surface area contributed by atoms with Crippen LogP contribution in [0.2, 0.25) is 5.02 Å². The van der Waals surface area contributed by atoms with Gasteiger partial charge in [-0.15, -0.1) is 0 Å². The average molecular weight is 357 g/mol. The lowest BCUT2D eigenvalue weighted by Crippen LogP contribution is -2.37. The van der Waals surface area contributed by atoms with Crippen LogP contribution in [0.25, 0.3) is 0 Å². The third-order valence-corrected chi connectivity index (χ3v) is 5.11. The molecule has 132 valence electrons. The van der Waals surface area contributed by atoms with Gasteiger partial charge in [-0.2, -0.15) is 0 Å². The Bertz CT molecular complexity index is 727. The number of carbonyl (C=O) groups excluding carboxylic acids is 1. The van der Waals surface area contributed by atoms with Crippen molar-refractivity contribution in [3.8, 4) is 0 Å². The number of halogens is 1. The fourth-order valence-corrected chi connectivity index (χ4v) is 3.51. The highest BCUT2D eigenvalue weighted by molar-refractivity contribution is 6.30. The molecule has 0 radical (unpaired) electrons. The number of hydrogen-bond donors (Lipinski definition) is 2. The predicted octanol–water partition coefficient (Wildman–Crippen LogP) is 5.17. The monoisotopic (exact) mass is 356 g/mol. The van der Waals surface area contributed by atoms with Crippen molar-refractivity contribution in [2.45, 2.75) is 51.6 Å². The van der Waals surface area contributed by atoms with Gasteiger partial charge in [0.2, 0.25) is 0 Å². The Morgan fingerprint density at radius 3 is 2.52 bits per heavy atom. The van der Waals surface area contributed by atoms with Gasteiger partial charge < -0.3 is 10.6 Å². The van der Waals surface area contributed by atoms with Crippen LogP contribution in [0.5, 0.6) is 0 Å². The second-order valence-corrected chi connectivity index (χ2v) is 7.09. The van der Waals surface area contributed by atoms with Gasteiger partial charge in [-0.1, -0.05) is 48.9 Å². The van der Waals surface area contributed by atoms with Gasteiger partial charge >= 0.3 is 6.03 Å². The number of benzene rings is 2. The highest BCUT2D eigenvalue weighted by Gasteiger charge is 2.16. The van der Waals surface area contributed by atoms with Crippen LogP contribution in [0.15, 0.2) is 42.5 Å². The molecule has 0 heterocycles. The summed E-state index contributed by atoms with van der Waals surface area (Å²) < 4.78 is 0. The molecule has 0 aromatic heterocycles. The Morgan fingerprint density at radius 1 is 1.08 bits per heavy atom. The van der Waals surface area contributed by atoms with Crippen LogP contribution >= 0.6 is 11.6 Å². The Morgan fingerprint density at radius 2 is 1.80 bits per heavy atom. The summed E-state index contributed by atoms with van der Waals surface area (Å²) in [7, 11) is 0. The third kappa shape index (κ3) is 4.76. The molecule has 1 aliphatic rings. The number of carbonyl (C=O) groups is 1. The van der Waals surface area contributed by atoms with E-state index in [9.17, 15) is 4.79 Å². The molecule has 1 unspecified atom stereocenters. The number of hydrogen-bond acceptors (Lipinski definition) is 1. The second kappa shape index (κ2) is 8.39. The van der Waals surface area contributed by atoms with Crippen LogP contribution in [-0.2, 0) is 19.4 Å². The lowest BCUT2D eigenvalue weighted by atomic mass is 9.89. The Hall–Kier alpha value is -2.00. The minimum Gasteiger partial charge on any atom is -0.334 e. The molecule has 1 atom stereocenters. The van der Waals surface area contributed by atoms with Crippen molar-refractivity contribution in [3.05, 3.63) is 69.7 Å². The zero-order chi connectivity index (χ0) is 17.6. The molecule has 1 aliphatic carbocycles. The van der Waals surface area contributed by atoms with Crippen molar-refractivity contribution >= 4 is 17.6 Å². The Kier molecular flexibility index (Phi) is 5.98. The molecular weight excluding hydrogens is 332 g/mol. The highest BCUT2D eigenvalue weighted by atomic mass is 35.5. The number of nitrogens with one attached hydrogen (secondary N) is 2. The second-order valence-electron chi connectivity index (χ2n) is 6.65. The first kappa shape index (κ1) is 17.8. The third-order valence-electron chi connectivity index (χ3n) is 4.85. The zero-order valence-electron chi connectivity index (χ0n) is 14.6. The maximum absolute atomic E-state index is 12.3. The standard InChI is InChI=1S/C21H25ClN2O/c1-2-20(18-10-9-16-5-3-4-6-17(16)13-18)24-21(25)23-14-15-7-11-19(22)12-8-15/h7-13,20H,2-6,14H2,1H3,(H2,23,24,25). The molecule has 2 aromatic carbocycles. The molecule has 0 bridgehead atoms. The van der Waals surface area contributed by atoms with Crippen LogP contribution in [-0.4, -0.2) is 6.03 Å². The number of amides is 2. The van der Waals surface area contributed by atoms with Gasteiger partial charge in [0, 0.05) is 11.6 Å². The summed E-state index contributed by atoms with van der Waals surface area (Å²) in [6.07, 6.45) is 5.76. The van der Waals surface area contributed by atoms with Crippen molar-refractivity contribution in [2.24, 2.45) is 0 Å². The molecule has 3 rings (SSSR count). The lowest BCUT2D eigenvalue weighted by Gasteiger charge is -2.22. The number of fused-ring (bicyclic) bond motifs is 1. The molecule has 4 heteroatoms. The summed E-state index contributed by atoms with van der Waals surface area (Å²) >= 11 is 5.88. The van der Waals surface area contributed by atoms with Crippen LogP contribution in [0.3, 0.4) is 0 Å². The van der Waals surface area contributed by atoms with Crippen molar-refractivity contribution < 1.29 is 4.79 Å². The summed E-state index contributed by atoms with van der Waals surface area (Å²) in [5.41, 5.74) is 5.15. The summed E-state index contributed by atoms with van der Waals surface area (Å²) in [4.78, 5) is 12.3. The van der Waals surface area contributed by atoms with E-state index in [1.54, 1.807) is 0 Å². The summed E-state index contributed by atoms with van der Waals surface area (Å²) in [6, 6.07) is 14.1. The van der Waals surface area contributed by atoms with E-state index in [2.05, 4.69) is 35.8 Å². The van der Waals surface area contributed by atoms with Gasteiger partial charge in [0.25, 0.3) is 0 Å². The van der Waals surface area contributed by atoms with Crippen LogP contribution in [0.4, 0.5) is 4.79 Å². The number of rotatable bonds is 5. The van der Waals surface area contributed by atoms with Crippen molar-refractivity contribution in [1.29, 1.82) is 0 Å². The Balaban J connectivity index is 1.59. The van der Waals surface area contributed by atoms with Crippen LogP contribution in [0, 0.1) is 0 Å². The fourth-order valence-electron chi connectivity index (χ4n) is 3.39. The molecule has 0 saturated carbocycles. The molecule has 0 fully saturated rings. The summed E-state index contributed by atoms with van der Waals surface area (Å²) in [5.74, 6) is 0. The summed E-state index contributed by atoms with van der Waals surface area (Å²) in [6.45, 7) is 2.59. The van der Waals surface area contributed by atoms with Gasteiger partial charge in [0.15, 0.2) is 0 Å². The average Bonchev–Trinajstić information content (AvgIpc) is 2.65. The van der Waals surface area contributed by atoms with Gasteiger partial charge in [-0.05, 0) is 66.5 Å². The SMILES string of the molecule is CCC(NC(=O)NCc1ccc(Cl)cc1)c1ccc2c(c1)CCCC2. The van der Waals surface area contributed by atoms with Crippen LogP contribution < -0.4 is 10.6 Å². The van der Waals surface area contributed by atoms with Crippen molar-refractivity contribution in [2.75, 3.05) is 0 Å². The van der Waals surface area contributed by atoms with E-state index in [1.807, 2.05) is 24.3 Å². The van der Waals surface area contributed by atoms with Crippen molar-refractivity contribution in [1.82, 2.24) is 10.6 Å². The smallest absolute Gasteiger partial charge is 0.315 e. The molecule has 0 spiro atoms. The molecule has 0 aliphatic heterocycles. The largest absolute Gasteiger partial charge is 0.334 e. The molecule has 0 saturated heterocycles. The first-order valence-corrected chi connectivity index (χ1v) is 9.44. The quantitative estimate of drug-likeness (QED) is 0.762. The van der Waals surface area contributed by atoms with E-state index in [1.165, 1.54) is 36.0 Å². The molecular formula is C21H25ClN2O. The van der Waals surface area contributed by atoms with E-state index in [0.29, 0.717) is 11.6 Å².